The smallest absolute Gasteiger partial charge is 0.223 e. The number of nitrogens with two attached hydrogens (primary N) is 1. The summed E-state index contributed by atoms with van der Waals surface area (Å²) >= 11 is 1.66. The van der Waals surface area contributed by atoms with E-state index in [9.17, 15) is 4.79 Å². The highest BCUT2D eigenvalue weighted by Crippen LogP contribution is 2.28. The van der Waals surface area contributed by atoms with Crippen LogP contribution in [0.25, 0.3) is 0 Å². The predicted octanol–water partition coefficient (Wildman–Crippen LogP) is 2.06. The summed E-state index contributed by atoms with van der Waals surface area (Å²) in [4.78, 5) is 15.1. The molecule has 2 heterocycles. The molecule has 0 radical (unpaired) electrons. The van der Waals surface area contributed by atoms with E-state index in [1.165, 1.54) is 4.88 Å². The topological polar surface area (TPSA) is 46.3 Å². The van der Waals surface area contributed by atoms with Gasteiger partial charge in [-0.15, -0.1) is 11.3 Å². The van der Waals surface area contributed by atoms with Crippen molar-refractivity contribution >= 4 is 17.2 Å². The van der Waals surface area contributed by atoms with Gasteiger partial charge in [0.1, 0.15) is 0 Å². The average Bonchev–Trinajstić information content (AvgIpc) is 2.95. The molecule has 1 amide bonds. The first kappa shape index (κ1) is 14.1. The van der Waals surface area contributed by atoms with Crippen LogP contribution in [0.2, 0.25) is 0 Å². The summed E-state index contributed by atoms with van der Waals surface area (Å²) in [5, 5.41) is 2.02. The molecule has 1 unspecified atom stereocenters. The van der Waals surface area contributed by atoms with Crippen molar-refractivity contribution in [1.82, 2.24) is 4.90 Å². The van der Waals surface area contributed by atoms with Crippen molar-refractivity contribution < 1.29 is 4.79 Å². The maximum Gasteiger partial charge on any atom is 0.223 e. The van der Waals surface area contributed by atoms with E-state index in [-0.39, 0.29) is 5.91 Å². The van der Waals surface area contributed by atoms with Crippen molar-refractivity contribution in [2.75, 3.05) is 13.1 Å². The highest BCUT2D eigenvalue weighted by Gasteiger charge is 2.31. The standard InChI is InChI=1S/C15H20N2OS/c1-11(2)13-8-15(18)17(9-13)10-14-12(4-3-6-16)5-7-19-14/h5,7,11,13H,6,8-10,16H2,1-2H3. The van der Waals surface area contributed by atoms with E-state index < -0.39 is 0 Å². The first-order valence-corrected chi connectivity index (χ1v) is 7.53. The molecule has 0 aromatic carbocycles. The fourth-order valence-corrected chi connectivity index (χ4v) is 3.14. The number of carbonyl (C=O) groups is 1. The zero-order valence-corrected chi connectivity index (χ0v) is 12.3. The fourth-order valence-electron chi connectivity index (χ4n) is 2.30. The minimum absolute atomic E-state index is 0.268. The minimum atomic E-state index is 0.268. The van der Waals surface area contributed by atoms with Gasteiger partial charge in [-0.2, -0.15) is 0 Å². The Bertz CT molecular complexity index is 510. The Morgan fingerprint density at radius 3 is 3.00 bits per heavy atom. The van der Waals surface area contributed by atoms with Crippen molar-refractivity contribution in [3.8, 4) is 11.8 Å². The third-order valence-corrected chi connectivity index (χ3v) is 4.50. The Kier molecular flexibility index (Phi) is 4.62. The molecule has 19 heavy (non-hydrogen) atoms. The van der Waals surface area contributed by atoms with Crippen LogP contribution in [-0.4, -0.2) is 23.9 Å². The van der Waals surface area contributed by atoms with Crippen LogP contribution in [0.3, 0.4) is 0 Å². The first-order chi connectivity index (χ1) is 9.11. The zero-order chi connectivity index (χ0) is 13.8. The van der Waals surface area contributed by atoms with Crippen LogP contribution in [-0.2, 0) is 11.3 Å². The van der Waals surface area contributed by atoms with Gasteiger partial charge in [0.05, 0.1) is 13.1 Å². The number of nitrogens with zero attached hydrogens (tertiary/aromatic N) is 1. The maximum atomic E-state index is 12.0. The van der Waals surface area contributed by atoms with Crippen LogP contribution in [0, 0.1) is 23.7 Å². The molecule has 1 fully saturated rings. The second-order valence-electron chi connectivity index (χ2n) is 5.25. The van der Waals surface area contributed by atoms with Gasteiger partial charge in [-0.1, -0.05) is 25.7 Å². The summed E-state index contributed by atoms with van der Waals surface area (Å²) in [5.41, 5.74) is 6.41. The molecule has 102 valence electrons. The molecular formula is C15H20N2OS. The summed E-state index contributed by atoms with van der Waals surface area (Å²) in [5.74, 6) is 7.27. The van der Waals surface area contributed by atoms with Gasteiger partial charge >= 0.3 is 0 Å². The van der Waals surface area contributed by atoms with Crippen LogP contribution >= 0.6 is 11.3 Å². The molecule has 2 rings (SSSR count). The molecule has 0 saturated carbocycles. The molecule has 2 N–H and O–H groups in total. The van der Waals surface area contributed by atoms with E-state index in [1.807, 2.05) is 16.3 Å². The van der Waals surface area contributed by atoms with Gasteiger partial charge in [-0.3, -0.25) is 4.79 Å². The Morgan fingerprint density at radius 1 is 1.58 bits per heavy atom. The van der Waals surface area contributed by atoms with E-state index in [0.717, 1.165) is 12.1 Å². The molecule has 0 spiro atoms. The maximum absolute atomic E-state index is 12.0. The van der Waals surface area contributed by atoms with Crippen molar-refractivity contribution in [3.63, 3.8) is 0 Å². The largest absolute Gasteiger partial charge is 0.337 e. The summed E-state index contributed by atoms with van der Waals surface area (Å²) in [6.07, 6.45) is 0.687. The molecule has 1 aromatic heterocycles. The number of carbonyl (C=O) groups excluding carboxylic acids is 1. The zero-order valence-electron chi connectivity index (χ0n) is 11.5. The van der Waals surface area contributed by atoms with Gasteiger partial charge in [0.15, 0.2) is 0 Å². The van der Waals surface area contributed by atoms with Gasteiger partial charge in [0.25, 0.3) is 0 Å². The lowest BCUT2D eigenvalue weighted by molar-refractivity contribution is -0.128. The van der Waals surface area contributed by atoms with E-state index >= 15 is 0 Å². The molecular weight excluding hydrogens is 256 g/mol. The summed E-state index contributed by atoms with van der Waals surface area (Å²) < 4.78 is 0. The number of hydrogen-bond acceptors (Lipinski definition) is 3. The summed E-state index contributed by atoms with van der Waals surface area (Å²) in [6.45, 7) is 6.30. The number of likely N-dealkylation sites (tertiary alicyclic amines) is 1. The normalized spacial score (nSPS) is 18.8. The van der Waals surface area contributed by atoms with Gasteiger partial charge in [-0.25, -0.2) is 0 Å². The number of rotatable bonds is 3. The average molecular weight is 276 g/mol. The van der Waals surface area contributed by atoms with Gasteiger partial charge < -0.3 is 10.6 Å². The third-order valence-electron chi connectivity index (χ3n) is 3.59. The third kappa shape index (κ3) is 3.37. The van der Waals surface area contributed by atoms with Crippen LogP contribution in [0.4, 0.5) is 0 Å². The SMILES string of the molecule is CC(C)C1CC(=O)N(Cc2sccc2C#CCN)C1. The molecule has 1 aliphatic rings. The van der Waals surface area contributed by atoms with E-state index in [1.54, 1.807) is 11.3 Å². The molecule has 1 saturated heterocycles. The van der Waals surface area contributed by atoms with Crippen LogP contribution in [0.5, 0.6) is 0 Å². The molecule has 1 aliphatic heterocycles. The lowest BCUT2D eigenvalue weighted by atomic mass is 9.95. The summed E-state index contributed by atoms with van der Waals surface area (Å²) in [7, 11) is 0. The molecule has 1 aromatic rings. The summed E-state index contributed by atoms with van der Waals surface area (Å²) in [6, 6.07) is 2.00. The lowest BCUT2D eigenvalue weighted by Gasteiger charge is -2.17. The Balaban J connectivity index is 2.06. The predicted molar refractivity (Wildman–Crippen MR) is 78.6 cm³/mol. The number of amides is 1. The monoisotopic (exact) mass is 276 g/mol. The van der Waals surface area contributed by atoms with Crippen LogP contribution in [0.1, 0.15) is 30.7 Å². The highest BCUT2D eigenvalue weighted by molar-refractivity contribution is 7.10. The molecule has 0 aliphatic carbocycles. The quantitative estimate of drug-likeness (QED) is 0.859. The van der Waals surface area contributed by atoms with Crippen molar-refractivity contribution in [1.29, 1.82) is 0 Å². The van der Waals surface area contributed by atoms with Crippen LogP contribution < -0.4 is 5.73 Å². The number of hydrogen-bond donors (Lipinski definition) is 1. The van der Waals surface area contributed by atoms with Crippen LogP contribution in [0.15, 0.2) is 11.4 Å². The van der Waals surface area contributed by atoms with Gasteiger partial charge in [0.2, 0.25) is 5.91 Å². The fraction of sp³-hybridized carbons (Fsp3) is 0.533. The second kappa shape index (κ2) is 6.23. The molecule has 3 nitrogen and oxygen atoms in total. The lowest BCUT2D eigenvalue weighted by Crippen LogP contribution is -2.25. The van der Waals surface area contributed by atoms with Crippen molar-refractivity contribution in [3.05, 3.63) is 21.9 Å². The van der Waals surface area contributed by atoms with E-state index in [4.69, 9.17) is 5.73 Å². The van der Waals surface area contributed by atoms with Crippen molar-refractivity contribution in [2.45, 2.75) is 26.8 Å². The van der Waals surface area contributed by atoms with Gasteiger partial charge in [0, 0.05) is 23.4 Å². The second-order valence-corrected chi connectivity index (χ2v) is 6.25. The molecule has 0 bridgehead atoms. The molecule has 4 heteroatoms. The Labute approximate surface area is 118 Å². The Morgan fingerprint density at radius 2 is 2.37 bits per heavy atom. The number of thiophene rings is 1. The molecule has 1 atom stereocenters. The Hall–Kier alpha value is -1.31. The minimum Gasteiger partial charge on any atom is -0.337 e. The van der Waals surface area contributed by atoms with Crippen molar-refractivity contribution in [2.24, 2.45) is 17.6 Å². The highest BCUT2D eigenvalue weighted by atomic mass is 32.1. The van der Waals surface area contributed by atoms with Gasteiger partial charge in [-0.05, 0) is 23.3 Å². The van der Waals surface area contributed by atoms with E-state index in [0.29, 0.717) is 31.3 Å². The first-order valence-electron chi connectivity index (χ1n) is 6.65. The van der Waals surface area contributed by atoms with E-state index in [2.05, 4.69) is 25.7 Å².